The zero-order valence-electron chi connectivity index (χ0n) is 8.05. The summed E-state index contributed by atoms with van der Waals surface area (Å²) in [5.41, 5.74) is 6.39. The maximum atomic E-state index is 5.83. The first kappa shape index (κ1) is 9.93. The van der Waals surface area contributed by atoms with Gasteiger partial charge in [-0.1, -0.05) is 24.3 Å². The molecule has 0 saturated carbocycles. The molecule has 0 saturated heterocycles. The second-order valence-corrected chi connectivity index (χ2v) is 3.59. The van der Waals surface area contributed by atoms with Gasteiger partial charge in [-0.2, -0.15) is 0 Å². The topological polar surface area (TPSA) is 35.2 Å². The van der Waals surface area contributed by atoms with E-state index in [1.807, 2.05) is 48.5 Å². The Morgan fingerprint density at radius 3 is 2.40 bits per heavy atom. The van der Waals surface area contributed by atoms with Crippen molar-refractivity contribution in [3.8, 4) is 11.5 Å². The van der Waals surface area contributed by atoms with E-state index in [0.29, 0.717) is 11.4 Å². The number of thiol groups is 1. The summed E-state index contributed by atoms with van der Waals surface area (Å²) in [6.07, 6.45) is 0. The van der Waals surface area contributed by atoms with E-state index < -0.39 is 0 Å². The molecule has 0 heterocycles. The Hall–Kier alpha value is -1.61. The van der Waals surface area contributed by atoms with Crippen LogP contribution >= 0.6 is 12.6 Å². The fraction of sp³-hybridized carbons (Fsp3) is 0. The van der Waals surface area contributed by atoms with E-state index in [1.165, 1.54) is 0 Å². The van der Waals surface area contributed by atoms with Gasteiger partial charge >= 0.3 is 0 Å². The van der Waals surface area contributed by atoms with Crippen molar-refractivity contribution in [2.45, 2.75) is 4.90 Å². The van der Waals surface area contributed by atoms with Gasteiger partial charge < -0.3 is 10.5 Å². The van der Waals surface area contributed by atoms with E-state index in [2.05, 4.69) is 12.6 Å². The fourth-order valence-electron chi connectivity index (χ4n) is 1.24. The number of ether oxygens (including phenoxy) is 1. The van der Waals surface area contributed by atoms with Crippen LogP contribution in [-0.2, 0) is 0 Å². The van der Waals surface area contributed by atoms with Gasteiger partial charge in [-0.25, -0.2) is 0 Å². The van der Waals surface area contributed by atoms with Crippen LogP contribution in [0.5, 0.6) is 11.5 Å². The van der Waals surface area contributed by atoms with Gasteiger partial charge in [-0.05, 0) is 24.3 Å². The van der Waals surface area contributed by atoms with Gasteiger partial charge in [0.2, 0.25) is 0 Å². The first-order valence-electron chi connectivity index (χ1n) is 4.58. The van der Waals surface area contributed by atoms with Crippen LogP contribution in [0.25, 0.3) is 0 Å². The quantitative estimate of drug-likeness (QED) is 0.597. The molecule has 2 aromatic carbocycles. The number of hydrogen-bond acceptors (Lipinski definition) is 3. The third kappa shape index (κ3) is 2.25. The number of nitrogen functional groups attached to an aromatic ring is 1. The molecular formula is C12H11NOS. The zero-order chi connectivity index (χ0) is 10.7. The van der Waals surface area contributed by atoms with E-state index in [0.717, 1.165) is 10.6 Å². The van der Waals surface area contributed by atoms with Gasteiger partial charge in [-0.15, -0.1) is 12.6 Å². The minimum atomic E-state index is 0.560. The molecule has 0 bridgehead atoms. The van der Waals surface area contributed by atoms with Gasteiger partial charge in [0.15, 0.2) is 5.75 Å². The molecule has 0 atom stereocenters. The minimum Gasteiger partial charge on any atom is -0.455 e. The standard InChI is InChI=1S/C12H11NOS/c13-12-10(7-4-8-11(12)15)14-9-5-2-1-3-6-9/h1-8,15H,13H2. The summed E-state index contributed by atoms with van der Waals surface area (Å²) in [5.74, 6) is 1.40. The van der Waals surface area contributed by atoms with E-state index in [-0.39, 0.29) is 0 Å². The van der Waals surface area contributed by atoms with Gasteiger partial charge in [0.25, 0.3) is 0 Å². The van der Waals surface area contributed by atoms with Crippen molar-refractivity contribution in [2.75, 3.05) is 5.73 Å². The highest BCUT2D eigenvalue weighted by atomic mass is 32.1. The maximum absolute atomic E-state index is 5.83. The number of benzene rings is 2. The summed E-state index contributed by atoms with van der Waals surface area (Å²) < 4.78 is 5.62. The predicted octanol–water partition coefficient (Wildman–Crippen LogP) is 3.35. The van der Waals surface area contributed by atoms with E-state index in [4.69, 9.17) is 10.5 Å². The predicted molar refractivity (Wildman–Crippen MR) is 64.6 cm³/mol. The Balaban J connectivity index is 2.29. The van der Waals surface area contributed by atoms with E-state index >= 15 is 0 Å². The molecule has 0 aliphatic heterocycles. The SMILES string of the molecule is Nc1c(S)cccc1Oc1ccccc1. The molecule has 2 rings (SSSR count). The number of rotatable bonds is 2. The number of anilines is 1. The maximum Gasteiger partial charge on any atom is 0.151 e. The number of nitrogens with two attached hydrogens (primary N) is 1. The Morgan fingerprint density at radius 2 is 1.67 bits per heavy atom. The molecule has 0 spiro atoms. The van der Waals surface area contributed by atoms with Gasteiger partial charge in [-0.3, -0.25) is 0 Å². The molecule has 2 N–H and O–H groups in total. The number of para-hydroxylation sites is 2. The fourth-order valence-corrected chi connectivity index (χ4v) is 1.43. The second kappa shape index (κ2) is 4.28. The van der Waals surface area contributed by atoms with Gasteiger partial charge in [0, 0.05) is 4.90 Å². The summed E-state index contributed by atoms with van der Waals surface area (Å²) in [7, 11) is 0. The van der Waals surface area contributed by atoms with Crippen LogP contribution in [0.4, 0.5) is 5.69 Å². The number of hydrogen-bond donors (Lipinski definition) is 2. The lowest BCUT2D eigenvalue weighted by Gasteiger charge is -2.09. The molecule has 0 unspecified atom stereocenters. The summed E-state index contributed by atoms with van der Waals surface area (Å²) in [5, 5.41) is 0. The molecule has 0 fully saturated rings. The van der Waals surface area contributed by atoms with Crippen molar-refractivity contribution in [3.63, 3.8) is 0 Å². The molecule has 0 aromatic heterocycles. The highest BCUT2D eigenvalue weighted by molar-refractivity contribution is 7.80. The summed E-state index contributed by atoms with van der Waals surface area (Å²) in [6, 6.07) is 15.0. The Morgan fingerprint density at radius 1 is 0.933 bits per heavy atom. The average molecular weight is 217 g/mol. The van der Waals surface area contributed by atoms with Crippen molar-refractivity contribution in [3.05, 3.63) is 48.5 Å². The lowest BCUT2D eigenvalue weighted by molar-refractivity contribution is 0.484. The van der Waals surface area contributed by atoms with Crippen molar-refractivity contribution in [2.24, 2.45) is 0 Å². The molecular weight excluding hydrogens is 206 g/mol. The molecule has 0 amide bonds. The van der Waals surface area contributed by atoms with Crippen molar-refractivity contribution in [1.29, 1.82) is 0 Å². The van der Waals surface area contributed by atoms with Gasteiger partial charge in [0.1, 0.15) is 5.75 Å². The molecule has 0 aliphatic carbocycles. The first-order valence-corrected chi connectivity index (χ1v) is 5.02. The molecule has 3 heteroatoms. The van der Waals surface area contributed by atoms with E-state index in [9.17, 15) is 0 Å². The van der Waals surface area contributed by atoms with Crippen LogP contribution in [0, 0.1) is 0 Å². The normalized spacial score (nSPS) is 9.93. The van der Waals surface area contributed by atoms with Gasteiger partial charge in [0.05, 0.1) is 5.69 Å². The first-order chi connectivity index (χ1) is 7.27. The molecule has 2 nitrogen and oxygen atoms in total. The second-order valence-electron chi connectivity index (χ2n) is 3.10. The van der Waals surface area contributed by atoms with Crippen molar-refractivity contribution < 1.29 is 4.74 Å². The van der Waals surface area contributed by atoms with E-state index in [1.54, 1.807) is 0 Å². The smallest absolute Gasteiger partial charge is 0.151 e. The zero-order valence-corrected chi connectivity index (χ0v) is 8.95. The average Bonchev–Trinajstić information content (AvgIpc) is 2.26. The lowest BCUT2D eigenvalue weighted by Crippen LogP contribution is -1.92. The third-order valence-corrected chi connectivity index (χ3v) is 2.40. The van der Waals surface area contributed by atoms with Crippen LogP contribution in [0.1, 0.15) is 0 Å². The largest absolute Gasteiger partial charge is 0.455 e. The third-order valence-electron chi connectivity index (χ3n) is 2.01. The molecule has 15 heavy (non-hydrogen) atoms. The molecule has 2 aromatic rings. The molecule has 0 radical (unpaired) electrons. The van der Waals surface area contributed by atoms with Crippen LogP contribution in [0.15, 0.2) is 53.4 Å². The highest BCUT2D eigenvalue weighted by Gasteiger charge is 2.03. The van der Waals surface area contributed by atoms with Crippen molar-refractivity contribution in [1.82, 2.24) is 0 Å². The lowest BCUT2D eigenvalue weighted by atomic mass is 10.3. The highest BCUT2D eigenvalue weighted by Crippen LogP contribution is 2.31. The Kier molecular flexibility index (Phi) is 2.83. The minimum absolute atomic E-state index is 0.560. The Bertz CT molecular complexity index is 456. The monoisotopic (exact) mass is 217 g/mol. The van der Waals surface area contributed by atoms with Crippen LogP contribution in [0.3, 0.4) is 0 Å². The van der Waals surface area contributed by atoms with Crippen molar-refractivity contribution >= 4 is 18.3 Å². The summed E-state index contributed by atoms with van der Waals surface area (Å²) in [4.78, 5) is 0.725. The van der Waals surface area contributed by atoms with Crippen LogP contribution in [0.2, 0.25) is 0 Å². The Labute approximate surface area is 94.1 Å². The summed E-state index contributed by atoms with van der Waals surface area (Å²) in [6.45, 7) is 0. The molecule has 76 valence electrons. The molecule has 0 aliphatic rings. The van der Waals surface area contributed by atoms with Crippen LogP contribution in [-0.4, -0.2) is 0 Å². The summed E-state index contributed by atoms with van der Waals surface area (Å²) >= 11 is 4.23. The van der Waals surface area contributed by atoms with Crippen LogP contribution < -0.4 is 10.5 Å².